The van der Waals surface area contributed by atoms with Crippen LogP contribution in [0.5, 0.6) is 0 Å². The van der Waals surface area contributed by atoms with Crippen molar-refractivity contribution in [2.45, 2.75) is 31.5 Å². The van der Waals surface area contributed by atoms with Gasteiger partial charge in [0.2, 0.25) is 0 Å². The summed E-state index contributed by atoms with van der Waals surface area (Å²) < 4.78 is 1.89. The monoisotopic (exact) mass is 327 g/mol. The van der Waals surface area contributed by atoms with E-state index in [-0.39, 0.29) is 5.91 Å². The predicted molar refractivity (Wildman–Crippen MR) is 86.0 cm³/mol. The standard InChI is InChI=1S/C16H21N7O/c1-21-13(9-23-11-18-10-20-23)6-12-8-22(5-2-15(12)21)16(24)14-7-17-3-4-19-14/h3-4,7,10-13,15H,2,5-6,8-9H2,1H3/t12-,13+,15+/m0/s1. The van der Waals surface area contributed by atoms with Crippen LogP contribution in [0.3, 0.4) is 0 Å². The molecule has 0 N–H and O–H groups in total. The summed E-state index contributed by atoms with van der Waals surface area (Å²) in [6.45, 7) is 2.41. The molecule has 2 saturated heterocycles. The molecule has 0 aliphatic carbocycles. The molecule has 1 amide bonds. The van der Waals surface area contributed by atoms with E-state index in [1.807, 2.05) is 9.58 Å². The van der Waals surface area contributed by atoms with Gasteiger partial charge in [0.1, 0.15) is 18.3 Å². The van der Waals surface area contributed by atoms with Crippen molar-refractivity contribution in [3.05, 3.63) is 36.9 Å². The number of carbonyl (C=O) groups is 1. The van der Waals surface area contributed by atoms with Crippen LogP contribution in [0, 0.1) is 5.92 Å². The number of piperidine rings is 1. The Kier molecular flexibility index (Phi) is 3.97. The lowest BCUT2D eigenvalue weighted by molar-refractivity contribution is 0.0601. The first-order valence-corrected chi connectivity index (χ1v) is 8.32. The highest BCUT2D eigenvalue weighted by atomic mass is 16.2. The topological polar surface area (TPSA) is 80.0 Å². The zero-order valence-electron chi connectivity index (χ0n) is 13.7. The minimum atomic E-state index is -0.0103. The van der Waals surface area contributed by atoms with Gasteiger partial charge in [0, 0.05) is 37.6 Å². The van der Waals surface area contributed by atoms with Crippen LogP contribution in [0.2, 0.25) is 0 Å². The summed E-state index contributed by atoms with van der Waals surface area (Å²) in [7, 11) is 2.19. The van der Waals surface area contributed by atoms with E-state index in [4.69, 9.17) is 0 Å². The predicted octanol–water partition coefficient (Wildman–Crippen LogP) is 0.303. The second kappa shape index (κ2) is 6.27. The molecule has 0 spiro atoms. The Morgan fingerprint density at radius 1 is 1.33 bits per heavy atom. The number of likely N-dealkylation sites (tertiary alicyclic amines) is 2. The fourth-order valence-corrected chi connectivity index (χ4v) is 4.08. The normalized spacial score (nSPS) is 27.2. The lowest BCUT2D eigenvalue weighted by atomic mass is 9.92. The molecule has 4 heterocycles. The maximum atomic E-state index is 12.6. The van der Waals surface area contributed by atoms with Crippen LogP contribution in [0.1, 0.15) is 23.3 Å². The molecule has 24 heavy (non-hydrogen) atoms. The molecule has 126 valence electrons. The molecule has 2 aliphatic rings. The Hall–Kier alpha value is -2.35. The van der Waals surface area contributed by atoms with E-state index in [1.165, 1.54) is 0 Å². The quantitative estimate of drug-likeness (QED) is 0.807. The summed E-state index contributed by atoms with van der Waals surface area (Å²) in [4.78, 5) is 29.1. The highest BCUT2D eigenvalue weighted by Crippen LogP contribution is 2.35. The van der Waals surface area contributed by atoms with Gasteiger partial charge in [-0.3, -0.25) is 19.4 Å². The van der Waals surface area contributed by atoms with E-state index in [0.717, 1.165) is 32.5 Å². The van der Waals surface area contributed by atoms with E-state index >= 15 is 0 Å². The SMILES string of the molecule is CN1[C@@H](Cn2cncn2)C[C@H]2CN(C(=O)c3cnccn3)CC[C@H]21. The Morgan fingerprint density at radius 2 is 2.25 bits per heavy atom. The third kappa shape index (κ3) is 2.77. The highest BCUT2D eigenvalue weighted by Gasteiger charge is 2.43. The number of likely N-dealkylation sites (N-methyl/N-ethyl adjacent to an activating group) is 1. The number of aromatic nitrogens is 5. The Morgan fingerprint density at radius 3 is 3.00 bits per heavy atom. The van der Waals surface area contributed by atoms with Crippen molar-refractivity contribution in [2.24, 2.45) is 5.92 Å². The minimum absolute atomic E-state index is 0.0103. The van der Waals surface area contributed by atoms with E-state index < -0.39 is 0 Å². The molecule has 0 bridgehead atoms. The van der Waals surface area contributed by atoms with Gasteiger partial charge >= 0.3 is 0 Å². The fraction of sp³-hybridized carbons (Fsp3) is 0.562. The van der Waals surface area contributed by atoms with Crippen molar-refractivity contribution in [1.29, 1.82) is 0 Å². The largest absolute Gasteiger partial charge is 0.337 e. The highest BCUT2D eigenvalue weighted by molar-refractivity contribution is 5.92. The lowest BCUT2D eigenvalue weighted by Crippen LogP contribution is -2.48. The average Bonchev–Trinajstić information content (AvgIpc) is 3.24. The van der Waals surface area contributed by atoms with Crippen molar-refractivity contribution < 1.29 is 4.79 Å². The van der Waals surface area contributed by atoms with Gasteiger partial charge in [-0.1, -0.05) is 0 Å². The molecule has 3 atom stereocenters. The van der Waals surface area contributed by atoms with Crippen LogP contribution < -0.4 is 0 Å². The summed E-state index contributed by atoms with van der Waals surface area (Å²) in [5.74, 6) is 0.488. The van der Waals surface area contributed by atoms with Crippen LogP contribution in [0.25, 0.3) is 0 Å². The molecule has 8 nitrogen and oxygen atoms in total. The molecule has 2 aliphatic heterocycles. The van der Waals surface area contributed by atoms with Crippen molar-refractivity contribution >= 4 is 5.91 Å². The fourth-order valence-electron chi connectivity index (χ4n) is 4.08. The van der Waals surface area contributed by atoms with Crippen molar-refractivity contribution in [3.63, 3.8) is 0 Å². The summed E-state index contributed by atoms with van der Waals surface area (Å²) in [6.07, 6.45) is 10.1. The molecular formula is C16H21N7O. The maximum Gasteiger partial charge on any atom is 0.274 e. The van der Waals surface area contributed by atoms with Gasteiger partial charge in [0.15, 0.2) is 0 Å². The molecule has 0 saturated carbocycles. The van der Waals surface area contributed by atoms with Crippen LogP contribution in [-0.2, 0) is 6.54 Å². The average molecular weight is 327 g/mol. The van der Waals surface area contributed by atoms with Crippen LogP contribution in [-0.4, -0.2) is 72.7 Å². The summed E-state index contributed by atoms with van der Waals surface area (Å²) in [5.41, 5.74) is 0.432. The van der Waals surface area contributed by atoms with Crippen molar-refractivity contribution in [1.82, 2.24) is 34.5 Å². The third-order valence-corrected chi connectivity index (χ3v) is 5.30. The van der Waals surface area contributed by atoms with Gasteiger partial charge in [-0.05, 0) is 25.8 Å². The number of amides is 1. The number of nitrogens with zero attached hydrogens (tertiary/aromatic N) is 7. The molecule has 8 heteroatoms. The molecule has 2 fully saturated rings. The first-order chi connectivity index (χ1) is 11.7. The van der Waals surface area contributed by atoms with Gasteiger partial charge in [-0.2, -0.15) is 5.10 Å². The zero-order chi connectivity index (χ0) is 16.5. The molecule has 0 aromatic carbocycles. The number of hydrogen-bond acceptors (Lipinski definition) is 6. The molecule has 0 radical (unpaired) electrons. The number of fused-ring (bicyclic) bond motifs is 1. The van der Waals surface area contributed by atoms with E-state index in [1.54, 1.807) is 31.2 Å². The molecule has 2 aromatic heterocycles. The Balaban J connectivity index is 1.43. The van der Waals surface area contributed by atoms with Crippen molar-refractivity contribution in [3.8, 4) is 0 Å². The second-order valence-corrected chi connectivity index (χ2v) is 6.63. The zero-order valence-corrected chi connectivity index (χ0v) is 13.7. The maximum absolute atomic E-state index is 12.6. The number of rotatable bonds is 3. The van der Waals surface area contributed by atoms with Gasteiger partial charge in [0.05, 0.1) is 12.7 Å². The molecular weight excluding hydrogens is 306 g/mol. The van der Waals surface area contributed by atoms with E-state index in [2.05, 4.69) is 32.0 Å². The number of carbonyl (C=O) groups excluding carboxylic acids is 1. The van der Waals surface area contributed by atoms with Crippen LogP contribution in [0.15, 0.2) is 31.2 Å². The summed E-state index contributed by atoms with van der Waals surface area (Å²) >= 11 is 0. The number of hydrogen-bond donors (Lipinski definition) is 0. The van der Waals surface area contributed by atoms with Crippen LogP contribution in [0.4, 0.5) is 0 Å². The van der Waals surface area contributed by atoms with Gasteiger partial charge in [-0.25, -0.2) is 9.97 Å². The first kappa shape index (κ1) is 15.2. The third-order valence-electron chi connectivity index (χ3n) is 5.30. The molecule has 4 rings (SSSR count). The van der Waals surface area contributed by atoms with Crippen LogP contribution >= 0.6 is 0 Å². The molecule has 0 unspecified atom stereocenters. The lowest BCUT2D eigenvalue weighted by Gasteiger charge is -2.37. The molecule has 2 aromatic rings. The van der Waals surface area contributed by atoms with Gasteiger partial charge in [0.25, 0.3) is 5.91 Å². The van der Waals surface area contributed by atoms with E-state index in [0.29, 0.717) is 23.7 Å². The smallest absolute Gasteiger partial charge is 0.274 e. The Bertz CT molecular complexity index is 690. The van der Waals surface area contributed by atoms with E-state index in [9.17, 15) is 4.79 Å². The van der Waals surface area contributed by atoms with Crippen molar-refractivity contribution in [2.75, 3.05) is 20.1 Å². The van der Waals surface area contributed by atoms with Gasteiger partial charge < -0.3 is 4.90 Å². The summed E-state index contributed by atoms with van der Waals surface area (Å²) in [5, 5.41) is 4.21. The minimum Gasteiger partial charge on any atom is -0.337 e. The Labute approximate surface area is 140 Å². The summed E-state index contributed by atoms with van der Waals surface area (Å²) in [6, 6.07) is 0.970. The second-order valence-electron chi connectivity index (χ2n) is 6.63. The van der Waals surface area contributed by atoms with Gasteiger partial charge in [-0.15, -0.1) is 0 Å². The first-order valence-electron chi connectivity index (χ1n) is 8.32.